The smallest absolute Gasteiger partial charge is 0.267 e. The summed E-state index contributed by atoms with van der Waals surface area (Å²) in [6.07, 6.45) is 3.83. The third-order valence-corrected chi connectivity index (χ3v) is 5.78. The van der Waals surface area contributed by atoms with Gasteiger partial charge in [0.2, 0.25) is 5.91 Å². The van der Waals surface area contributed by atoms with E-state index in [1.807, 2.05) is 11.8 Å². The first-order chi connectivity index (χ1) is 14.8. The summed E-state index contributed by atoms with van der Waals surface area (Å²) in [5.41, 5.74) is 5.81. The monoisotopic (exact) mass is 428 g/mol. The SMILES string of the molecule is C[C@@H]1CN(c2cc(C(N)=O)ncn2)CC[C@H]1C(=O)N1N=CC[C@H]1c1cc(F)cc(F)c1. The first-order valence-corrected chi connectivity index (χ1v) is 10.0. The summed E-state index contributed by atoms with van der Waals surface area (Å²) >= 11 is 0. The molecule has 2 aliphatic rings. The lowest BCUT2D eigenvalue weighted by atomic mass is 9.85. The number of primary amides is 1. The van der Waals surface area contributed by atoms with Gasteiger partial charge in [-0.3, -0.25) is 9.59 Å². The molecule has 1 fully saturated rings. The number of carbonyl (C=O) groups excluding carboxylic acids is 2. The molecule has 0 aliphatic carbocycles. The fourth-order valence-corrected chi connectivity index (χ4v) is 4.22. The van der Waals surface area contributed by atoms with Crippen LogP contribution in [0.15, 0.2) is 35.7 Å². The highest BCUT2D eigenvalue weighted by Gasteiger charge is 2.38. The lowest BCUT2D eigenvalue weighted by molar-refractivity contribution is -0.139. The van der Waals surface area contributed by atoms with E-state index in [4.69, 9.17) is 5.73 Å². The van der Waals surface area contributed by atoms with E-state index < -0.39 is 23.6 Å². The van der Waals surface area contributed by atoms with E-state index in [1.54, 1.807) is 6.21 Å². The number of nitrogens with zero attached hydrogens (tertiary/aromatic N) is 5. The first-order valence-electron chi connectivity index (χ1n) is 10.0. The molecule has 0 bridgehead atoms. The van der Waals surface area contributed by atoms with Gasteiger partial charge >= 0.3 is 0 Å². The molecule has 0 saturated carbocycles. The maximum Gasteiger partial charge on any atom is 0.267 e. The van der Waals surface area contributed by atoms with Gasteiger partial charge in [-0.2, -0.15) is 5.10 Å². The second-order valence-corrected chi connectivity index (χ2v) is 7.88. The molecule has 1 aromatic heterocycles. The Balaban J connectivity index is 1.48. The van der Waals surface area contributed by atoms with Crippen LogP contribution in [0.2, 0.25) is 0 Å². The van der Waals surface area contributed by atoms with Crippen LogP contribution in [0.5, 0.6) is 0 Å². The minimum absolute atomic E-state index is 0.0334. The largest absolute Gasteiger partial charge is 0.364 e. The van der Waals surface area contributed by atoms with Gasteiger partial charge in [-0.25, -0.2) is 23.8 Å². The average molecular weight is 428 g/mol. The van der Waals surface area contributed by atoms with E-state index in [2.05, 4.69) is 15.1 Å². The second kappa shape index (κ2) is 8.37. The fourth-order valence-electron chi connectivity index (χ4n) is 4.22. The van der Waals surface area contributed by atoms with Gasteiger partial charge < -0.3 is 10.6 Å². The third kappa shape index (κ3) is 4.23. The highest BCUT2D eigenvalue weighted by molar-refractivity contribution is 5.91. The lowest BCUT2D eigenvalue weighted by Crippen LogP contribution is -2.46. The van der Waals surface area contributed by atoms with Crippen molar-refractivity contribution in [1.29, 1.82) is 0 Å². The van der Waals surface area contributed by atoms with E-state index in [0.29, 0.717) is 37.3 Å². The van der Waals surface area contributed by atoms with Crippen molar-refractivity contribution in [2.24, 2.45) is 22.7 Å². The van der Waals surface area contributed by atoms with E-state index >= 15 is 0 Å². The second-order valence-electron chi connectivity index (χ2n) is 7.88. The highest BCUT2D eigenvalue weighted by Crippen LogP contribution is 2.34. The minimum atomic E-state index is -0.684. The molecule has 1 saturated heterocycles. The minimum Gasteiger partial charge on any atom is -0.364 e. The number of hydrogen-bond donors (Lipinski definition) is 1. The number of carbonyl (C=O) groups is 2. The Labute approximate surface area is 177 Å². The molecule has 8 nitrogen and oxygen atoms in total. The molecule has 10 heteroatoms. The number of hydrogen-bond acceptors (Lipinski definition) is 6. The Hall–Kier alpha value is -3.43. The van der Waals surface area contributed by atoms with Crippen LogP contribution in [0.25, 0.3) is 0 Å². The number of nitrogens with two attached hydrogens (primary N) is 1. The molecule has 1 aromatic carbocycles. The summed E-state index contributed by atoms with van der Waals surface area (Å²) in [7, 11) is 0. The van der Waals surface area contributed by atoms with Gasteiger partial charge in [0.1, 0.15) is 29.5 Å². The van der Waals surface area contributed by atoms with Crippen molar-refractivity contribution in [2.75, 3.05) is 18.0 Å². The van der Waals surface area contributed by atoms with Crippen molar-refractivity contribution in [3.8, 4) is 0 Å². The zero-order valence-corrected chi connectivity index (χ0v) is 16.9. The summed E-state index contributed by atoms with van der Waals surface area (Å²) < 4.78 is 27.4. The summed E-state index contributed by atoms with van der Waals surface area (Å²) in [4.78, 5) is 34.7. The number of amides is 2. The predicted octanol–water partition coefficient (Wildman–Crippen LogP) is 2.28. The maximum atomic E-state index is 13.7. The number of aromatic nitrogens is 2. The molecule has 2 aromatic rings. The third-order valence-electron chi connectivity index (χ3n) is 5.78. The number of benzene rings is 1. The van der Waals surface area contributed by atoms with Crippen LogP contribution >= 0.6 is 0 Å². The summed E-state index contributed by atoms with van der Waals surface area (Å²) in [5, 5.41) is 5.55. The Morgan fingerprint density at radius 1 is 1.13 bits per heavy atom. The molecule has 2 N–H and O–H groups in total. The van der Waals surface area contributed by atoms with Crippen LogP contribution in [0.1, 0.15) is 41.9 Å². The molecule has 162 valence electrons. The van der Waals surface area contributed by atoms with E-state index in [9.17, 15) is 18.4 Å². The number of halogens is 2. The van der Waals surface area contributed by atoms with E-state index in [1.165, 1.54) is 29.5 Å². The van der Waals surface area contributed by atoms with Gasteiger partial charge in [0, 0.05) is 43.8 Å². The number of piperidine rings is 1. The van der Waals surface area contributed by atoms with Gasteiger partial charge in [0.25, 0.3) is 5.91 Å². The van der Waals surface area contributed by atoms with Crippen molar-refractivity contribution >= 4 is 23.8 Å². The van der Waals surface area contributed by atoms with Crippen LogP contribution in [0, 0.1) is 23.5 Å². The molecule has 2 amide bonds. The van der Waals surface area contributed by atoms with Crippen LogP contribution in [0.3, 0.4) is 0 Å². The van der Waals surface area contributed by atoms with Crippen LogP contribution in [-0.2, 0) is 4.79 Å². The Bertz CT molecular complexity index is 1030. The molecule has 4 rings (SSSR count). The molecule has 0 radical (unpaired) electrons. The van der Waals surface area contributed by atoms with E-state index in [-0.39, 0.29) is 23.4 Å². The molecule has 3 heterocycles. The number of rotatable bonds is 4. The summed E-state index contributed by atoms with van der Waals surface area (Å²) in [5.74, 6) is -1.93. The van der Waals surface area contributed by atoms with Crippen molar-refractivity contribution in [3.05, 3.63) is 53.5 Å². The van der Waals surface area contributed by atoms with Crippen LogP contribution in [-0.4, -0.2) is 46.1 Å². The zero-order chi connectivity index (χ0) is 22.1. The first kappa shape index (κ1) is 20.8. The van der Waals surface area contributed by atoms with E-state index in [0.717, 1.165) is 6.07 Å². The Morgan fingerprint density at radius 3 is 2.55 bits per heavy atom. The topological polar surface area (TPSA) is 105 Å². The van der Waals surface area contributed by atoms with Crippen molar-refractivity contribution < 1.29 is 18.4 Å². The molecule has 3 atom stereocenters. The normalized spacial score (nSPS) is 23.3. The summed E-state index contributed by atoms with van der Waals surface area (Å²) in [6.45, 7) is 3.05. The van der Waals surface area contributed by atoms with Crippen LogP contribution in [0.4, 0.5) is 14.6 Å². The molecule has 31 heavy (non-hydrogen) atoms. The van der Waals surface area contributed by atoms with Crippen molar-refractivity contribution in [3.63, 3.8) is 0 Å². The van der Waals surface area contributed by atoms with Gasteiger partial charge in [-0.1, -0.05) is 6.92 Å². The molecular formula is C21H22F2N6O2. The molecule has 2 aliphatic heterocycles. The molecule has 0 spiro atoms. The Kier molecular flexibility index (Phi) is 5.62. The van der Waals surface area contributed by atoms with Crippen LogP contribution < -0.4 is 10.6 Å². The standard InChI is InChI=1S/C21H22F2N6O2/c1-12-10-28(19-9-17(20(24)30)25-11-26-19)5-3-16(12)21(31)29-18(2-4-27-29)13-6-14(22)8-15(23)7-13/h4,6-9,11-12,16,18H,2-3,5,10H2,1H3,(H2,24,30)/t12-,16-,18+/m1/s1. The highest BCUT2D eigenvalue weighted by atomic mass is 19.1. The zero-order valence-electron chi connectivity index (χ0n) is 16.9. The van der Waals surface area contributed by atoms with Gasteiger partial charge in [0.15, 0.2) is 0 Å². The Morgan fingerprint density at radius 2 is 1.87 bits per heavy atom. The fraction of sp³-hybridized carbons (Fsp3) is 0.381. The summed E-state index contributed by atoms with van der Waals surface area (Å²) in [6, 6.07) is 4.29. The molecular weight excluding hydrogens is 406 g/mol. The predicted molar refractivity (Wildman–Crippen MR) is 109 cm³/mol. The van der Waals surface area contributed by atoms with Crippen molar-refractivity contribution in [2.45, 2.75) is 25.8 Å². The van der Waals surface area contributed by atoms with Crippen molar-refractivity contribution in [1.82, 2.24) is 15.0 Å². The quantitative estimate of drug-likeness (QED) is 0.805. The van der Waals surface area contributed by atoms with Gasteiger partial charge in [-0.05, 0) is 30.0 Å². The molecule has 0 unspecified atom stereocenters. The average Bonchev–Trinajstić information content (AvgIpc) is 3.22. The maximum absolute atomic E-state index is 13.7. The number of hydrazone groups is 1. The lowest BCUT2D eigenvalue weighted by Gasteiger charge is -2.38. The number of anilines is 1. The van der Waals surface area contributed by atoms with Gasteiger partial charge in [-0.15, -0.1) is 0 Å². The van der Waals surface area contributed by atoms with Gasteiger partial charge in [0.05, 0.1) is 6.04 Å².